The van der Waals surface area contributed by atoms with Gasteiger partial charge in [-0.2, -0.15) is 0 Å². The van der Waals surface area contributed by atoms with Crippen LogP contribution in [0.3, 0.4) is 0 Å². The SMILES string of the molecule is CC(C)(C)NC(=O)C1CC(OC(C)(C)C)CC(OC(C)(C)C)C1. The van der Waals surface area contributed by atoms with Gasteiger partial charge < -0.3 is 14.8 Å². The van der Waals surface area contributed by atoms with Crippen LogP contribution in [0.15, 0.2) is 0 Å². The van der Waals surface area contributed by atoms with Crippen LogP contribution in [0.1, 0.15) is 81.6 Å². The molecule has 4 nitrogen and oxygen atoms in total. The van der Waals surface area contributed by atoms with Crippen LogP contribution in [0.5, 0.6) is 0 Å². The average Bonchev–Trinajstić information content (AvgIpc) is 2.20. The van der Waals surface area contributed by atoms with E-state index in [0.29, 0.717) is 0 Å². The van der Waals surface area contributed by atoms with E-state index in [9.17, 15) is 4.79 Å². The monoisotopic (exact) mass is 327 g/mol. The van der Waals surface area contributed by atoms with Crippen LogP contribution in [-0.4, -0.2) is 34.9 Å². The lowest BCUT2D eigenvalue weighted by Gasteiger charge is -2.40. The molecule has 4 heteroatoms. The van der Waals surface area contributed by atoms with E-state index in [1.807, 2.05) is 20.8 Å². The maximum absolute atomic E-state index is 12.6. The highest BCUT2D eigenvalue weighted by Gasteiger charge is 2.37. The summed E-state index contributed by atoms with van der Waals surface area (Å²) in [6.45, 7) is 18.4. The second-order valence-corrected chi connectivity index (χ2v) is 9.85. The third-order valence-corrected chi connectivity index (χ3v) is 3.53. The quantitative estimate of drug-likeness (QED) is 0.850. The molecular weight excluding hydrogens is 290 g/mol. The summed E-state index contributed by atoms with van der Waals surface area (Å²) < 4.78 is 12.3. The number of carbonyl (C=O) groups is 1. The molecule has 0 heterocycles. The minimum atomic E-state index is -0.213. The molecule has 0 bridgehead atoms. The van der Waals surface area contributed by atoms with Gasteiger partial charge in [-0.3, -0.25) is 4.79 Å². The Labute approximate surface area is 142 Å². The zero-order valence-electron chi connectivity index (χ0n) is 16.6. The molecule has 1 amide bonds. The average molecular weight is 328 g/mol. The molecule has 23 heavy (non-hydrogen) atoms. The Morgan fingerprint density at radius 2 is 1.17 bits per heavy atom. The van der Waals surface area contributed by atoms with E-state index in [1.165, 1.54) is 0 Å². The van der Waals surface area contributed by atoms with Crippen molar-refractivity contribution in [3.05, 3.63) is 0 Å². The molecule has 1 fully saturated rings. The van der Waals surface area contributed by atoms with Crippen LogP contribution in [0.25, 0.3) is 0 Å². The third-order valence-electron chi connectivity index (χ3n) is 3.53. The van der Waals surface area contributed by atoms with Gasteiger partial charge in [0.05, 0.1) is 23.4 Å². The molecule has 0 aromatic rings. The van der Waals surface area contributed by atoms with Crippen molar-refractivity contribution < 1.29 is 14.3 Å². The van der Waals surface area contributed by atoms with Crippen molar-refractivity contribution in [2.75, 3.05) is 0 Å². The van der Waals surface area contributed by atoms with Gasteiger partial charge in [0.1, 0.15) is 0 Å². The molecule has 0 spiro atoms. The minimum absolute atomic E-state index is 0.0531. The van der Waals surface area contributed by atoms with Gasteiger partial charge in [0, 0.05) is 11.5 Å². The van der Waals surface area contributed by atoms with Crippen molar-refractivity contribution in [2.24, 2.45) is 5.92 Å². The van der Waals surface area contributed by atoms with Crippen LogP contribution in [0.4, 0.5) is 0 Å². The Kier molecular flexibility index (Phi) is 6.31. The normalized spacial score (nSPS) is 26.9. The van der Waals surface area contributed by atoms with E-state index < -0.39 is 0 Å². The molecule has 0 aromatic carbocycles. The molecule has 0 aliphatic heterocycles. The van der Waals surface area contributed by atoms with Gasteiger partial charge in [-0.25, -0.2) is 0 Å². The number of ether oxygens (including phenoxy) is 2. The van der Waals surface area contributed by atoms with Crippen molar-refractivity contribution in [2.45, 2.75) is 111 Å². The molecule has 136 valence electrons. The molecule has 1 rings (SSSR count). The highest BCUT2D eigenvalue weighted by Crippen LogP contribution is 2.33. The summed E-state index contributed by atoms with van der Waals surface area (Å²) >= 11 is 0. The number of nitrogens with one attached hydrogen (secondary N) is 1. The van der Waals surface area contributed by atoms with Crippen molar-refractivity contribution in [3.63, 3.8) is 0 Å². The Morgan fingerprint density at radius 1 is 0.783 bits per heavy atom. The Balaban J connectivity index is 2.82. The molecule has 1 aliphatic rings. The molecule has 2 atom stereocenters. The first-order valence-electron chi connectivity index (χ1n) is 8.82. The summed E-state index contributed by atoms with van der Waals surface area (Å²) in [5.74, 6) is 0.0601. The van der Waals surface area contributed by atoms with Crippen molar-refractivity contribution in [3.8, 4) is 0 Å². The third kappa shape index (κ3) is 8.71. The summed E-state index contributed by atoms with van der Waals surface area (Å²) in [7, 11) is 0. The van der Waals surface area contributed by atoms with E-state index >= 15 is 0 Å². The number of hydrogen-bond acceptors (Lipinski definition) is 3. The first kappa shape index (κ1) is 20.4. The van der Waals surface area contributed by atoms with Gasteiger partial charge in [-0.15, -0.1) is 0 Å². The number of carbonyl (C=O) groups excluding carboxylic acids is 1. The van der Waals surface area contributed by atoms with Gasteiger partial charge in [0.15, 0.2) is 0 Å². The highest BCUT2D eigenvalue weighted by molar-refractivity contribution is 5.79. The number of hydrogen-bond donors (Lipinski definition) is 1. The molecule has 1 saturated carbocycles. The summed E-state index contributed by atoms with van der Waals surface area (Å²) in [5, 5.41) is 3.11. The number of amides is 1. The number of rotatable bonds is 3. The molecule has 0 aromatic heterocycles. The molecule has 1 N–H and O–H groups in total. The smallest absolute Gasteiger partial charge is 0.223 e. The first-order valence-corrected chi connectivity index (χ1v) is 8.82. The lowest BCUT2D eigenvalue weighted by Crippen LogP contribution is -2.48. The minimum Gasteiger partial charge on any atom is -0.373 e. The van der Waals surface area contributed by atoms with Crippen molar-refractivity contribution in [1.29, 1.82) is 0 Å². The Morgan fingerprint density at radius 3 is 1.48 bits per heavy atom. The molecular formula is C19H37NO3. The molecule has 0 saturated heterocycles. The lowest BCUT2D eigenvalue weighted by atomic mass is 9.83. The maximum Gasteiger partial charge on any atom is 0.223 e. The van der Waals surface area contributed by atoms with E-state index in [2.05, 4.69) is 46.9 Å². The molecule has 0 radical (unpaired) electrons. The van der Waals surface area contributed by atoms with Crippen LogP contribution >= 0.6 is 0 Å². The van der Waals surface area contributed by atoms with E-state index in [1.54, 1.807) is 0 Å². The molecule has 2 unspecified atom stereocenters. The standard InChI is InChI=1S/C19H37NO3/c1-17(2,3)20-16(21)13-10-14(22-18(4,5)6)12-15(11-13)23-19(7,8)9/h13-15H,10-12H2,1-9H3,(H,20,21). The van der Waals surface area contributed by atoms with Crippen LogP contribution < -0.4 is 5.32 Å². The maximum atomic E-state index is 12.6. The zero-order chi connectivity index (χ0) is 18.1. The van der Waals surface area contributed by atoms with Crippen molar-refractivity contribution >= 4 is 5.91 Å². The summed E-state index contributed by atoms with van der Waals surface area (Å²) in [5.41, 5.74) is -0.631. The fourth-order valence-corrected chi connectivity index (χ4v) is 3.09. The summed E-state index contributed by atoms with van der Waals surface area (Å²) in [6, 6.07) is 0. The fraction of sp³-hybridized carbons (Fsp3) is 0.947. The summed E-state index contributed by atoms with van der Waals surface area (Å²) in [6.07, 6.45) is 2.51. The first-order chi connectivity index (χ1) is 10.1. The van der Waals surface area contributed by atoms with E-state index in [4.69, 9.17) is 9.47 Å². The highest BCUT2D eigenvalue weighted by atomic mass is 16.5. The predicted molar refractivity (Wildman–Crippen MR) is 94.5 cm³/mol. The molecule has 1 aliphatic carbocycles. The van der Waals surface area contributed by atoms with Gasteiger partial charge in [-0.05, 0) is 81.6 Å². The predicted octanol–water partition coefficient (Wildman–Crippen LogP) is 4.07. The Bertz CT molecular complexity index is 374. The lowest BCUT2D eigenvalue weighted by molar-refractivity contribution is -0.153. The van der Waals surface area contributed by atoms with Gasteiger partial charge in [-0.1, -0.05) is 0 Å². The van der Waals surface area contributed by atoms with Gasteiger partial charge in [0.25, 0.3) is 0 Å². The van der Waals surface area contributed by atoms with E-state index in [0.717, 1.165) is 19.3 Å². The second-order valence-electron chi connectivity index (χ2n) is 9.85. The zero-order valence-corrected chi connectivity index (χ0v) is 16.6. The van der Waals surface area contributed by atoms with Gasteiger partial charge in [0.2, 0.25) is 5.91 Å². The van der Waals surface area contributed by atoms with Crippen LogP contribution in [0.2, 0.25) is 0 Å². The Hall–Kier alpha value is -0.610. The fourth-order valence-electron chi connectivity index (χ4n) is 3.09. The van der Waals surface area contributed by atoms with E-state index in [-0.39, 0.29) is 40.8 Å². The summed E-state index contributed by atoms with van der Waals surface area (Å²) in [4.78, 5) is 12.6. The van der Waals surface area contributed by atoms with Gasteiger partial charge >= 0.3 is 0 Å². The topological polar surface area (TPSA) is 47.6 Å². The largest absolute Gasteiger partial charge is 0.373 e. The van der Waals surface area contributed by atoms with Crippen LogP contribution in [0, 0.1) is 5.92 Å². The van der Waals surface area contributed by atoms with Crippen LogP contribution in [-0.2, 0) is 14.3 Å². The second kappa shape index (κ2) is 7.10. The van der Waals surface area contributed by atoms with Crippen molar-refractivity contribution in [1.82, 2.24) is 5.32 Å².